The van der Waals surface area contributed by atoms with E-state index < -0.39 is 0 Å². The van der Waals surface area contributed by atoms with E-state index in [0.29, 0.717) is 6.04 Å². The number of likely N-dealkylation sites (tertiary alicyclic amines) is 1. The molecule has 0 bridgehead atoms. The maximum Gasteiger partial charge on any atom is 1.00 e. The third-order valence-electron chi connectivity index (χ3n) is 5.27. The predicted molar refractivity (Wildman–Crippen MR) is 130 cm³/mol. The van der Waals surface area contributed by atoms with Crippen LogP contribution in [-0.4, -0.2) is 24.0 Å². The molecule has 0 spiro atoms. The van der Waals surface area contributed by atoms with Crippen molar-refractivity contribution in [2.75, 3.05) is 13.1 Å². The number of hydrogen-bond acceptors (Lipinski definition) is 5. The molecule has 3 rings (SSSR count). The van der Waals surface area contributed by atoms with Crippen LogP contribution in [0.2, 0.25) is 0 Å². The van der Waals surface area contributed by atoms with Crippen LogP contribution in [0.25, 0.3) is 0 Å². The van der Waals surface area contributed by atoms with Gasteiger partial charge in [-0.2, -0.15) is 0 Å². The van der Waals surface area contributed by atoms with Gasteiger partial charge in [-0.1, -0.05) is 73.8 Å². The Morgan fingerprint density at radius 3 is 2.25 bits per heavy atom. The van der Waals surface area contributed by atoms with Crippen LogP contribution < -0.4 is 51.7 Å². The van der Waals surface area contributed by atoms with Gasteiger partial charge in [0.05, 0.1) is 12.2 Å². The van der Waals surface area contributed by atoms with E-state index >= 15 is 0 Å². The van der Waals surface area contributed by atoms with Gasteiger partial charge in [0.2, 0.25) is 0 Å². The van der Waals surface area contributed by atoms with Crippen molar-refractivity contribution in [1.29, 1.82) is 0 Å². The first-order valence-electron chi connectivity index (χ1n) is 10.7. The van der Waals surface area contributed by atoms with Crippen LogP contribution in [-0.2, 0) is 6.54 Å². The van der Waals surface area contributed by atoms with Crippen molar-refractivity contribution in [3.8, 4) is 0 Å². The van der Waals surface area contributed by atoms with E-state index in [1.807, 2.05) is 36.4 Å². The van der Waals surface area contributed by atoms with E-state index in [4.69, 9.17) is 11.5 Å². The second-order valence-corrected chi connectivity index (χ2v) is 7.57. The van der Waals surface area contributed by atoms with Gasteiger partial charge in [0.1, 0.15) is 0 Å². The fourth-order valence-electron chi connectivity index (χ4n) is 3.55. The standard InChI is InChI=1S/C19H26N3.C7H10N2.Na/c1-4-20-13-12-16(2)22-14-8-11-19(22)17(3)21-15-18-9-6-5-7-10-18;8-7(9)6-4-2-1-3-5-6;/h5-7,9-10,19-21H,1-3,8,11-15H2;1-5,7H,8-9H2;/q-1;;+1. The summed E-state index contributed by atoms with van der Waals surface area (Å²) in [6.07, 6.45) is 5.59. The van der Waals surface area contributed by atoms with Crippen LogP contribution in [0.1, 0.15) is 36.6 Å². The largest absolute Gasteiger partial charge is 1.00 e. The molecule has 0 amide bonds. The van der Waals surface area contributed by atoms with Crippen molar-refractivity contribution in [1.82, 2.24) is 15.5 Å². The molecule has 2 aromatic carbocycles. The minimum Gasteiger partial charge on any atom is -0.567 e. The molecule has 32 heavy (non-hydrogen) atoms. The van der Waals surface area contributed by atoms with Crippen molar-refractivity contribution in [2.24, 2.45) is 11.5 Å². The maximum atomic E-state index is 5.39. The summed E-state index contributed by atoms with van der Waals surface area (Å²) in [4.78, 5) is 2.38. The fourth-order valence-corrected chi connectivity index (χ4v) is 3.55. The Hall–Kier alpha value is -2.02. The van der Waals surface area contributed by atoms with Crippen LogP contribution in [0.5, 0.6) is 0 Å². The molecule has 1 unspecified atom stereocenters. The Labute approximate surface area is 215 Å². The fraction of sp³-hybridized carbons (Fsp3) is 0.308. The van der Waals surface area contributed by atoms with Gasteiger partial charge in [0.15, 0.2) is 0 Å². The first kappa shape index (κ1) is 28.0. The van der Waals surface area contributed by atoms with Gasteiger partial charge >= 0.3 is 29.6 Å². The van der Waals surface area contributed by atoms with Gasteiger partial charge in [-0.25, -0.2) is 0 Å². The van der Waals surface area contributed by atoms with E-state index in [1.54, 1.807) is 0 Å². The molecule has 166 valence electrons. The van der Waals surface area contributed by atoms with E-state index in [1.165, 1.54) is 12.0 Å². The van der Waals surface area contributed by atoms with Gasteiger partial charge < -0.3 is 33.2 Å². The molecular formula is C26H36N5Na. The SMILES string of the molecule is C=[C-]NCCC(=C)N1CCCC1C(=C)NCc1ccccc1.NC(N)c1ccccc1.[Na+]. The molecule has 5 nitrogen and oxygen atoms in total. The third-order valence-corrected chi connectivity index (χ3v) is 5.27. The third kappa shape index (κ3) is 9.63. The minimum atomic E-state index is -0.341. The number of nitrogens with two attached hydrogens (primary N) is 2. The monoisotopic (exact) mass is 441 g/mol. The molecule has 0 aliphatic carbocycles. The maximum absolute atomic E-state index is 5.39. The number of hydrogen-bond donors (Lipinski definition) is 4. The summed E-state index contributed by atoms with van der Waals surface area (Å²) in [5.74, 6) is 0. The summed E-state index contributed by atoms with van der Waals surface area (Å²) < 4.78 is 0. The topological polar surface area (TPSA) is 79.3 Å². The number of nitrogens with zero attached hydrogens (tertiary/aromatic N) is 1. The summed E-state index contributed by atoms with van der Waals surface area (Å²) in [6.45, 7) is 14.7. The quantitative estimate of drug-likeness (QED) is 0.144. The molecule has 1 saturated heterocycles. The Morgan fingerprint density at radius 2 is 1.69 bits per heavy atom. The van der Waals surface area contributed by atoms with E-state index in [9.17, 15) is 0 Å². The molecule has 1 fully saturated rings. The first-order chi connectivity index (χ1) is 15.0. The van der Waals surface area contributed by atoms with Crippen LogP contribution in [0.4, 0.5) is 0 Å². The van der Waals surface area contributed by atoms with Crippen molar-refractivity contribution >= 4 is 0 Å². The zero-order valence-electron chi connectivity index (χ0n) is 19.4. The molecule has 0 radical (unpaired) electrons. The number of benzene rings is 2. The molecule has 0 saturated carbocycles. The van der Waals surface area contributed by atoms with E-state index in [2.05, 4.69) is 65.7 Å². The number of nitrogens with one attached hydrogen (secondary N) is 2. The zero-order chi connectivity index (χ0) is 22.5. The average Bonchev–Trinajstić information content (AvgIpc) is 3.29. The molecule has 1 atom stereocenters. The summed E-state index contributed by atoms with van der Waals surface area (Å²) in [5.41, 5.74) is 15.3. The molecule has 1 aliphatic heterocycles. The van der Waals surface area contributed by atoms with Crippen LogP contribution in [0.3, 0.4) is 0 Å². The summed E-state index contributed by atoms with van der Waals surface area (Å²) in [6, 6.07) is 20.4. The van der Waals surface area contributed by atoms with Crippen molar-refractivity contribution < 1.29 is 29.6 Å². The Morgan fingerprint density at radius 1 is 1.06 bits per heavy atom. The van der Waals surface area contributed by atoms with Gasteiger partial charge in [0.25, 0.3) is 0 Å². The molecule has 1 aliphatic rings. The van der Waals surface area contributed by atoms with Crippen molar-refractivity contribution in [2.45, 2.75) is 38.0 Å². The van der Waals surface area contributed by atoms with Crippen LogP contribution >= 0.6 is 0 Å². The summed E-state index contributed by atoms with van der Waals surface area (Å²) in [5, 5.41) is 6.48. The Kier molecular flexibility index (Phi) is 13.8. The molecule has 0 aromatic heterocycles. The molecule has 6 N–H and O–H groups in total. The van der Waals surface area contributed by atoms with Crippen LogP contribution in [0.15, 0.2) is 91.8 Å². The van der Waals surface area contributed by atoms with Crippen LogP contribution in [0, 0.1) is 6.20 Å². The molecule has 2 aromatic rings. The van der Waals surface area contributed by atoms with Gasteiger partial charge in [-0.15, -0.1) is 0 Å². The predicted octanol–water partition coefficient (Wildman–Crippen LogP) is 0.801. The first-order valence-corrected chi connectivity index (χ1v) is 10.7. The Balaban J connectivity index is 0.000000431. The molecular weight excluding hydrogens is 405 g/mol. The average molecular weight is 442 g/mol. The normalized spacial score (nSPS) is 14.6. The van der Waals surface area contributed by atoms with Crippen molar-refractivity contribution in [3.05, 3.63) is 109 Å². The summed E-state index contributed by atoms with van der Waals surface area (Å²) >= 11 is 0. The van der Waals surface area contributed by atoms with Gasteiger partial charge in [-0.3, -0.25) is 6.58 Å². The Bertz CT molecular complexity index is 807. The second kappa shape index (κ2) is 15.7. The van der Waals surface area contributed by atoms with E-state index in [0.717, 1.165) is 49.4 Å². The summed E-state index contributed by atoms with van der Waals surface area (Å²) in [7, 11) is 0. The molecule has 6 heteroatoms. The number of rotatable bonds is 10. The molecule has 1 heterocycles. The van der Waals surface area contributed by atoms with Gasteiger partial charge in [0, 0.05) is 30.9 Å². The van der Waals surface area contributed by atoms with Gasteiger partial charge in [-0.05, 0) is 30.5 Å². The van der Waals surface area contributed by atoms with Crippen molar-refractivity contribution in [3.63, 3.8) is 0 Å². The zero-order valence-corrected chi connectivity index (χ0v) is 21.4. The second-order valence-electron chi connectivity index (χ2n) is 7.57. The smallest absolute Gasteiger partial charge is 0.567 e. The van der Waals surface area contributed by atoms with E-state index in [-0.39, 0.29) is 35.7 Å². The minimum absolute atomic E-state index is 0.